The average molecular weight is 566 g/mol. The van der Waals surface area contributed by atoms with E-state index in [4.69, 9.17) is 0 Å². The minimum absolute atomic E-state index is 0. The smallest absolute Gasteiger partial charge is 0.545 e. The van der Waals surface area contributed by atoms with Crippen LogP contribution in [-0.2, 0) is 17.4 Å². The molecule has 0 aliphatic rings. The monoisotopic (exact) mass is 565 g/mol. The predicted octanol–water partition coefficient (Wildman–Crippen LogP) is 3.61. The summed E-state index contributed by atoms with van der Waals surface area (Å²) in [6.07, 6.45) is 0. The van der Waals surface area contributed by atoms with E-state index in [-0.39, 0.29) is 34.1 Å². The second-order valence-corrected chi connectivity index (χ2v) is 8.44. The van der Waals surface area contributed by atoms with Crippen molar-refractivity contribution in [3.8, 4) is 0 Å². The zero-order valence-electron chi connectivity index (χ0n) is 21.0. The molecule has 0 saturated carbocycles. The normalized spacial score (nSPS) is 9.90. The number of fused-ring (bicyclic) bond motifs is 3. The molecule has 7 heteroatoms. The van der Waals surface area contributed by atoms with Gasteiger partial charge in [-0.05, 0) is 32.3 Å². The van der Waals surface area contributed by atoms with Gasteiger partial charge in [0.2, 0.25) is 0 Å². The van der Waals surface area contributed by atoms with Crippen LogP contribution in [0.4, 0.5) is 0 Å². The fourth-order valence-corrected chi connectivity index (χ4v) is 4.21. The predicted molar refractivity (Wildman–Crippen MR) is 145 cm³/mol. The molecule has 0 bridgehead atoms. The first-order valence-electron chi connectivity index (χ1n) is 11.9. The van der Waals surface area contributed by atoms with Crippen molar-refractivity contribution < 1.29 is 47.1 Å². The molecule has 0 N–H and O–H groups in total. The molecule has 0 amide bonds. The van der Waals surface area contributed by atoms with Crippen LogP contribution < -0.4 is 15.3 Å². The molecule has 0 atom stereocenters. The summed E-state index contributed by atoms with van der Waals surface area (Å²) in [7, 11) is 0. The van der Waals surface area contributed by atoms with E-state index in [0.717, 1.165) is 32.3 Å². The summed E-state index contributed by atoms with van der Waals surface area (Å²) in [5.74, 6) is -3.38. The summed E-state index contributed by atoms with van der Waals surface area (Å²) in [6, 6.07) is 37.5. The van der Waals surface area contributed by atoms with Crippen molar-refractivity contribution in [3.63, 3.8) is 0 Å². The fraction of sp³-hybridized carbons (Fsp3) is 0. The molecule has 0 aromatic heterocycles. The Labute approximate surface area is 240 Å². The van der Waals surface area contributed by atoms with Gasteiger partial charge in [0, 0.05) is 16.7 Å². The molecule has 6 rings (SSSR count). The van der Waals surface area contributed by atoms with E-state index in [2.05, 4.69) is 0 Å². The third-order valence-corrected chi connectivity index (χ3v) is 6.03. The molecule has 0 heterocycles. The van der Waals surface area contributed by atoms with Gasteiger partial charge in [0.15, 0.2) is 0 Å². The van der Waals surface area contributed by atoms with Gasteiger partial charge in [-0.15, -0.1) is 0 Å². The third-order valence-electron chi connectivity index (χ3n) is 6.03. The number of rotatable bonds is 3. The second kappa shape index (κ2) is 13.7. The molecule has 0 fully saturated rings. The van der Waals surface area contributed by atoms with E-state index in [9.17, 15) is 29.7 Å². The van der Waals surface area contributed by atoms with Gasteiger partial charge in [-0.25, -0.2) is 0 Å². The van der Waals surface area contributed by atoms with Gasteiger partial charge in [-0.1, -0.05) is 127 Å². The van der Waals surface area contributed by atoms with Gasteiger partial charge in [-0.2, -0.15) is 0 Å². The minimum atomic E-state index is -1.13. The zero-order valence-corrected chi connectivity index (χ0v) is 22.3. The molecule has 0 spiro atoms. The number of carbonyl (C=O) groups is 3. The van der Waals surface area contributed by atoms with Crippen molar-refractivity contribution in [3.05, 3.63) is 144 Å². The summed E-state index contributed by atoms with van der Waals surface area (Å²) in [5, 5.41) is 37.1. The zero-order chi connectivity index (χ0) is 27.8. The first kappa shape index (κ1) is 29.6. The van der Waals surface area contributed by atoms with Gasteiger partial charge < -0.3 is 29.7 Å². The summed E-state index contributed by atoms with van der Waals surface area (Å²) in [5.41, 5.74) is 0.745. The number of hydrogen-bond donors (Lipinski definition) is 0. The van der Waals surface area contributed by atoms with Crippen LogP contribution >= 0.6 is 0 Å². The van der Waals surface area contributed by atoms with Crippen molar-refractivity contribution in [2.45, 2.75) is 0 Å². The van der Waals surface area contributed by atoms with Crippen molar-refractivity contribution in [2.24, 2.45) is 0 Å². The number of carboxylic acid groups (broad SMARTS) is 3. The molecule has 0 saturated heterocycles. The maximum atomic E-state index is 10.7. The van der Waals surface area contributed by atoms with Crippen molar-refractivity contribution in [1.29, 1.82) is 0 Å². The second-order valence-electron chi connectivity index (χ2n) is 8.44. The molecule has 0 aliphatic heterocycles. The Balaban J connectivity index is 0.000000163. The third kappa shape index (κ3) is 6.92. The number of hydrogen-bond acceptors (Lipinski definition) is 6. The molecule has 40 heavy (non-hydrogen) atoms. The van der Waals surface area contributed by atoms with Crippen LogP contribution in [0.2, 0.25) is 0 Å². The Kier molecular flexibility index (Phi) is 10.2. The number of carboxylic acids is 3. The van der Waals surface area contributed by atoms with Crippen LogP contribution in [0.5, 0.6) is 0 Å². The van der Waals surface area contributed by atoms with Gasteiger partial charge in [-0.3, -0.25) is 0 Å². The molecule has 6 nitrogen and oxygen atoms in total. The first-order valence-corrected chi connectivity index (χ1v) is 11.9. The van der Waals surface area contributed by atoms with E-state index in [1.165, 1.54) is 0 Å². The summed E-state index contributed by atoms with van der Waals surface area (Å²) >= 11 is 0. The molecule has 1 radical (unpaired) electrons. The van der Waals surface area contributed by atoms with Crippen LogP contribution in [0.25, 0.3) is 32.3 Å². The van der Waals surface area contributed by atoms with Crippen molar-refractivity contribution in [1.82, 2.24) is 0 Å². The Hall–Kier alpha value is -4.96. The summed E-state index contributed by atoms with van der Waals surface area (Å²) in [6.45, 7) is 0. The quantitative estimate of drug-likeness (QED) is 0.323. The Morgan fingerprint density at radius 1 is 0.350 bits per heavy atom. The Morgan fingerprint density at radius 2 is 0.575 bits per heavy atom. The van der Waals surface area contributed by atoms with E-state index in [0.29, 0.717) is 0 Å². The molecular formula is C33H21CrO6. The van der Waals surface area contributed by atoms with Gasteiger partial charge in [0.05, 0.1) is 17.9 Å². The van der Waals surface area contributed by atoms with Gasteiger partial charge in [0.25, 0.3) is 0 Å². The summed E-state index contributed by atoms with van der Waals surface area (Å²) in [4.78, 5) is 32.1. The first-order chi connectivity index (χ1) is 18.9. The minimum Gasteiger partial charge on any atom is -0.545 e. The molecular weight excluding hydrogens is 544 g/mol. The summed E-state index contributed by atoms with van der Waals surface area (Å²) < 4.78 is 0. The molecule has 0 aliphatic carbocycles. The number of benzene rings is 6. The van der Waals surface area contributed by atoms with Gasteiger partial charge in [0.1, 0.15) is 0 Å². The maximum Gasteiger partial charge on any atom is 3.00 e. The van der Waals surface area contributed by atoms with Crippen LogP contribution in [0.1, 0.15) is 31.1 Å². The van der Waals surface area contributed by atoms with Crippen LogP contribution in [-0.4, -0.2) is 17.9 Å². The van der Waals surface area contributed by atoms with Crippen molar-refractivity contribution >= 4 is 50.2 Å². The Morgan fingerprint density at radius 3 is 0.825 bits per heavy atom. The van der Waals surface area contributed by atoms with E-state index >= 15 is 0 Å². The molecule has 6 aromatic rings. The average Bonchev–Trinajstić information content (AvgIpc) is 2.96. The van der Waals surface area contributed by atoms with Gasteiger partial charge >= 0.3 is 17.4 Å². The standard InChI is InChI=1S/3C11H8O2.Cr/c3*12-11(13)10-7-3-5-8-4-1-2-6-9(8)10;/h3*1-7H,(H,12,13);/q;;;+3/p-3. The number of aromatic carboxylic acids is 3. The fourth-order valence-electron chi connectivity index (χ4n) is 4.21. The molecule has 6 aromatic carbocycles. The SMILES string of the molecule is O=C([O-])c1cccc2ccccc12.O=C([O-])c1cccc2ccccc12.O=C([O-])c1cccc2ccccc12.[Cr+3]. The van der Waals surface area contributed by atoms with Crippen LogP contribution in [0, 0.1) is 0 Å². The molecule has 0 unspecified atom stereocenters. The molecule has 195 valence electrons. The van der Waals surface area contributed by atoms with Crippen molar-refractivity contribution in [2.75, 3.05) is 0 Å². The topological polar surface area (TPSA) is 120 Å². The Bertz CT molecular complexity index is 1580. The maximum absolute atomic E-state index is 10.7. The number of carbonyl (C=O) groups excluding carboxylic acids is 3. The van der Waals surface area contributed by atoms with E-state index in [1.807, 2.05) is 72.8 Å². The largest absolute Gasteiger partial charge is 3.00 e. The van der Waals surface area contributed by atoms with E-state index in [1.54, 1.807) is 54.6 Å². The van der Waals surface area contributed by atoms with Crippen LogP contribution in [0.3, 0.4) is 0 Å². The van der Waals surface area contributed by atoms with E-state index < -0.39 is 17.9 Å². The van der Waals surface area contributed by atoms with Crippen LogP contribution in [0.15, 0.2) is 127 Å².